The molecule has 39 heavy (non-hydrogen) atoms. The molecule has 0 saturated carbocycles. The molecule has 1 N–H and O–H groups in total. The summed E-state index contributed by atoms with van der Waals surface area (Å²) in [5.41, 5.74) is 3.09. The Morgan fingerprint density at radius 2 is 1.69 bits per heavy atom. The van der Waals surface area contributed by atoms with Gasteiger partial charge in [0, 0.05) is 65.2 Å². The fourth-order valence-electron chi connectivity index (χ4n) is 4.72. The molecular formula is C30H28F3N5O. The van der Waals surface area contributed by atoms with Crippen molar-refractivity contribution < 1.29 is 17.9 Å². The van der Waals surface area contributed by atoms with Crippen LogP contribution in [0.5, 0.6) is 5.75 Å². The summed E-state index contributed by atoms with van der Waals surface area (Å²) in [4.78, 5) is 15.0. The van der Waals surface area contributed by atoms with Crippen LogP contribution in [0.1, 0.15) is 42.9 Å². The molecule has 0 bridgehead atoms. The van der Waals surface area contributed by atoms with Gasteiger partial charge in [-0.2, -0.15) is 0 Å². The predicted octanol–water partition coefficient (Wildman–Crippen LogP) is 6.97. The number of pyridine rings is 1. The number of aryl methyl sites for hydroxylation is 1. The van der Waals surface area contributed by atoms with Crippen molar-refractivity contribution in [2.75, 3.05) is 16.8 Å². The van der Waals surface area contributed by atoms with E-state index in [-0.39, 0.29) is 35.4 Å². The Kier molecular flexibility index (Phi) is 7.49. The van der Waals surface area contributed by atoms with Gasteiger partial charge in [0.2, 0.25) is 0 Å². The van der Waals surface area contributed by atoms with E-state index in [0.29, 0.717) is 24.5 Å². The Morgan fingerprint density at radius 3 is 2.38 bits per heavy atom. The molecule has 4 aromatic rings. The molecule has 5 rings (SSSR count). The van der Waals surface area contributed by atoms with Crippen LogP contribution >= 0.6 is 0 Å². The summed E-state index contributed by atoms with van der Waals surface area (Å²) in [6.45, 7) is 5.68. The van der Waals surface area contributed by atoms with Gasteiger partial charge in [-0.05, 0) is 38.5 Å². The van der Waals surface area contributed by atoms with E-state index in [1.807, 2.05) is 42.2 Å². The van der Waals surface area contributed by atoms with Crippen LogP contribution in [-0.4, -0.2) is 27.6 Å². The van der Waals surface area contributed by atoms with Crippen molar-refractivity contribution in [3.8, 4) is 5.75 Å². The molecule has 1 aliphatic heterocycles. The van der Waals surface area contributed by atoms with Gasteiger partial charge >= 0.3 is 0 Å². The van der Waals surface area contributed by atoms with Gasteiger partial charge in [-0.3, -0.25) is 4.98 Å². The van der Waals surface area contributed by atoms with E-state index in [1.165, 1.54) is 12.1 Å². The minimum atomic E-state index is -0.662. The number of fused-ring (bicyclic) bond motifs is 1. The molecule has 1 atom stereocenters. The molecule has 1 aliphatic rings. The number of halogens is 3. The number of nitrogens with zero attached hydrogens (tertiary/aromatic N) is 4. The molecule has 2 aromatic carbocycles. The van der Waals surface area contributed by atoms with Crippen LogP contribution < -0.4 is 15.0 Å². The van der Waals surface area contributed by atoms with E-state index >= 15 is 13.2 Å². The average molecular weight is 532 g/mol. The van der Waals surface area contributed by atoms with Gasteiger partial charge in [-0.1, -0.05) is 31.2 Å². The molecule has 0 amide bonds. The maximum absolute atomic E-state index is 15.0. The average Bonchev–Trinajstić information content (AvgIpc) is 2.93. The Labute approximate surface area is 225 Å². The topological polar surface area (TPSA) is 63.2 Å². The number of hydrogen-bond acceptors (Lipinski definition) is 6. The first kappa shape index (κ1) is 26.2. The third kappa shape index (κ3) is 5.30. The highest BCUT2D eigenvalue weighted by Crippen LogP contribution is 2.39. The SMILES string of the molecule is CCOc1cc(F)c(CN2c3ccccc3C(c3nc(C)c(F)c(Nc4ccncc4)n3)=CC2CC)c(F)c1. The van der Waals surface area contributed by atoms with Crippen molar-refractivity contribution in [2.24, 2.45) is 0 Å². The van der Waals surface area contributed by atoms with E-state index in [9.17, 15) is 0 Å². The van der Waals surface area contributed by atoms with Gasteiger partial charge < -0.3 is 15.0 Å². The van der Waals surface area contributed by atoms with Gasteiger partial charge in [0.05, 0.1) is 12.3 Å². The Bertz CT molecular complexity index is 1500. The van der Waals surface area contributed by atoms with Crippen LogP contribution in [0.3, 0.4) is 0 Å². The molecule has 3 heterocycles. The number of hydrogen-bond donors (Lipinski definition) is 1. The second-order valence-corrected chi connectivity index (χ2v) is 9.16. The maximum atomic E-state index is 15.0. The zero-order valence-electron chi connectivity index (χ0n) is 21.9. The molecule has 6 nitrogen and oxygen atoms in total. The van der Waals surface area contributed by atoms with Crippen LogP contribution in [0.25, 0.3) is 5.57 Å². The fraction of sp³-hybridized carbons (Fsp3) is 0.233. The summed E-state index contributed by atoms with van der Waals surface area (Å²) in [6, 6.07) is 13.2. The van der Waals surface area contributed by atoms with E-state index in [4.69, 9.17) is 4.74 Å². The predicted molar refractivity (Wildman–Crippen MR) is 146 cm³/mol. The summed E-state index contributed by atoms with van der Waals surface area (Å²) >= 11 is 0. The van der Waals surface area contributed by atoms with Crippen LogP contribution in [0.2, 0.25) is 0 Å². The second-order valence-electron chi connectivity index (χ2n) is 9.16. The third-order valence-electron chi connectivity index (χ3n) is 6.64. The number of anilines is 3. The van der Waals surface area contributed by atoms with E-state index in [1.54, 1.807) is 38.4 Å². The molecule has 200 valence electrons. The highest BCUT2D eigenvalue weighted by molar-refractivity contribution is 5.87. The first-order chi connectivity index (χ1) is 18.9. The number of benzene rings is 2. The maximum Gasteiger partial charge on any atom is 0.187 e. The lowest BCUT2D eigenvalue weighted by atomic mass is 9.92. The zero-order chi connectivity index (χ0) is 27.5. The Balaban J connectivity index is 1.55. The third-order valence-corrected chi connectivity index (χ3v) is 6.64. The van der Waals surface area contributed by atoms with Crippen molar-refractivity contribution in [3.63, 3.8) is 0 Å². The van der Waals surface area contributed by atoms with E-state index in [0.717, 1.165) is 16.8 Å². The highest BCUT2D eigenvalue weighted by Gasteiger charge is 2.30. The van der Waals surface area contributed by atoms with Crippen molar-refractivity contribution in [1.29, 1.82) is 0 Å². The Hall–Kier alpha value is -4.40. The molecular weight excluding hydrogens is 503 g/mol. The summed E-state index contributed by atoms with van der Waals surface area (Å²) in [5.74, 6) is -1.31. The lowest BCUT2D eigenvalue weighted by Crippen LogP contribution is -2.37. The van der Waals surface area contributed by atoms with Gasteiger partial charge in [-0.15, -0.1) is 0 Å². The monoisotopic (exact) mass is 531 g/mol. The minimum Gasteiger partial charge on any atom is -0.494 e. The second kappa shape index (κ2) is 11.1. The molecule has 0 spiro atoms. The van der Waals surface area contributed by atoms with Crippen molar-refractivity contribution in [3.05, 3.63) is 107 Å². The standard InChI is InChI=1S/C30H28F3N5O/c1-4-20-14-23(29-35-18(3)28(33)30(37-29)36-19-10-12-34-13-11-19)22-8-6-7-9-27(22)38(20)17-24-25(31)15-21(39-5-2)16-26(24)32/h6-16,20H,4-5,17H2,1-3H3,(H,34,35,36,37). The van der Waals surface area contributed by atoms with Gasteiger partial charge in [0.1, 0.15) is 17.4 Å². The summed E-state index contributed by atoms with van der Waals surface area (Å²) in [7, 11) is 0. The molecule has 0 aliphatic carbocycles. The lowest BCUT2D eigenvalue weighted by Gasteiger charge is -2.37. The molecule has 2 aromatic heterocycles. The summed E-state index contributed by atoms with van der Waals surface area (Å²) in [5, 5.41) is 3.01. The summed E-state index contributed by atoms with van der Waals surface area (Å²) in [6.07, 6.45) is 5.84. The summed E-state index contributed by atoms with van der Waals surface area (Å²) < 4.78 is 50.3. The number of aromatic nitrogens is 3. The Morgan fingerprint density at radius 1 is 0.974 bits per heavy atom. The molecule has 9 heteroatoms. The van der Waals surface area contributed by atoms with Crippen molar-refractivity contribution in [1.82, 2.24) is 15.0 Å². The van der Waals surface area contributed by atoms with Crippen LogP contribution in [-0.2, 0) is 6.54 Å². The normalized spacial score (nSPS) is 14.6. The highest BCUT2D eigenvalue weighted by atomic mass is 19.1. The number of rotatable bonds is 8. The smallest absolute Gasteiger partial charge is 0.187 e. The molecule has 0 saturated heterocycles. The lowest BCUT2D eigenvalue weighted by molar-refractivity contribution is 0.335. The van der Waals surface area contributed by atoms with Crippen molar-refractivity contribution >= 4 is 22.8 Å². The zero-order valence-corrected chi connectivity index (χ0v) is 21.9. The quantitative estimate of drug-likeness (QED) is 0.265. The number of ether oxygens (including phenoxy) is 1. The van der Waals surface area contributed by atoms with E-state index in [2.05, 4.69) is 20.3 Å². The van der Waals surface area contributed by atoms with Gasteiger partial charge in [0.15, 0.2) is 17.5 Å². The van der Waals surface area contributed by atoms with Crippen LogP contribution in [0, 0.1) is 24.4 Å². The molecule has 0 fully saturated rings. The largest absolute Gasteiger partial charge is 0.494 e. The van der Waals surface area contributed by atoms with Crippen molar-refractivity contribution in [2.45, 2.75) is 39.8 Å². The van der Waals surface area contributed by atoms with Gasteiger partial charge in [-0.25, -0.2) is 23.1 Å². The van der Waals surface area contributed by atoms with Crippen LogP contribution in [0.15, 0.2) is 67.0 Å². The minimum absolute atomic E-state index is 0.0154. The first-order valence-corrected chi connectivity index (χ1v) is 12.8. The fourth-order valence-corrected chi connectivity index (χ4v) is 4.72. The molecule has 1 unspecified atom stereocenters. The number of para-hydroxylation sites is 1. The van der Waals surface area contributed by atoms with Crippen LogP contribution in [0.4, 0.5) is 30.4 Å². The molecule has 0 radical (unpaired) electrons. The van der Waals surface area contributed by atoms with Gasteiger partial charge in [0.25, 0.3) is 0 Å². The number of nitrogens with one attached hydrogen (secondary N) is 1. The van der Waals surface area contributed by atoms with E-state index < -0.39 is 17.5 Å². The first-order valence-electron chi connectivity index (χ1n) is 12.8.